The van der Waals surface area contributed by atoms with Crippen molar-refractivity contribution in [3.63, 3.8) is 0 Å². The first-order chi connectivity index (χ1) is 8.86. The lowest BCUT2D eigenvalue weighted by molar-refractivity contribution is 0.147. The summed E-state index contributed by atoms with van der Waals surface area (Å²) in [5, 5.41) is 6.09. The largest absolute Gasteiger partial charge is 0.382 e. The van der Waals surface area contributed by atoms with Gasteiger partial charge >= 0.3 is 0 Å². The number of anilines is 1. The fourth-order valence-corrected chi connectivity index (χ4v) is 2.48. The number of rotatable bonds is 7. The molecule has 2 rings (SSSR count). The molecule has 0 fully saturated rings. The second-order valence-corrected chi connectivity index (χ2v) is 5.29. The quantitative estimate of drug-likeness (QED) is 0.773. The van der Waals surface area contributed by atoms with Gasteiger partial charge in [0.1, 0.15) is 0 Å². The van der Waals surface area contributed by atoms with Crippen LogP contribution in [0.3, 0.4) is 0 Å². The van der Waals surface area contributed by atoms with Crippen LogP contribution in [0, 0.1) is 0 Å². The van der Waals surface area contributed by atoms with Crippen LogP contribution in [0.15, 0.2) is 41.8 Å². The van der Waals surface area contributed by atoms with E-state index in [1.54, 1.807) is 11.3 Å². The van der Waals surface area contributed by atoms with E-state index in [1.807, 2.05) is 24.3 Å². The minimum Gasteiger partial charge on any atom is -0.382 e. The molecule has 0 amide bonds. The highest BCUT2D eigenvalue weighted by molar-refractivity contribution is 7.09. The van der Waals surface area contributed by atoms with Crippen molar-refractivity contribution in [1.82, 2.24) is 0 Å². The minimum absolute atomic E-state index is 0.691. The van der Waals surface area contributed by atoms with Gasteiger partial charge in [-0.15, -0.1) is 11.3 Å². The molecule has 0 bridgehead atoms. The van der Waals surface area contributed by atoms with E-state index in [9.17, 15) is 0 Å². The van der Waals surface area contributed by atoms with E-state index in [-0.39, 0.29) is 0 Å². The van der Waals surface area contributed by atoms with Crippen LogP contribution in [-0.2, 0) is 11.2 Å². The Morgan fingerprint density at radius 1 is 1.11 bits per heavy atom. The maximum Gasteiger partial charge on any atom is 0.0639 e. The summed E-state index contributed by atoms with van der Waals surface area (Å²) in [7, 11) is 0. The van der Waals surface area contributed by atoms with Crippen molar-refractivity contribution in [2.45, 2.75) is 6.42 Å². The third-order valence-corrected chi connectivity index (χ3v) is 3.77. The average Bonchev–Trinajstić information content (AvgIpc) is 2.89. The Hall–Kier alpha value is -1.03. The molecule has 4 heteroatoms. The molecule has 0 aliphatic heterocycles. The van der Waals surface area contributed by atoms with E-state index in [4.69, 9.17) is 16.3 Å². The van der Waals surface area contributed by atoms with Gasteiger partial charge in [-0.1, -0.05) is 29.8 Å². The van der Waals surface area contributed by atoms with Crippen LogP contribution in [0.25, 0.3) is 0 Å². The number of nitrogens with one attached hydrogen (secondary N) is 1. The standard InChI is InChI=1S/C14H16ClNOS/c15-13-5-1-2-6-14(13)16-8-10-17-9-7-12-4-3-11-18-12/h1-6,11,16H,7-10H2. The van der Waals surface area contributed by atoms with Crippen molar-refractivity contribution in [1.29, 1.82) is 0 Å². The van der Waals surface area contributed by atoms with Crippen molar-refractivity contribution in [3.05, 3.63) is 51.7 Å². The molecule has 18 heavy (non-hydrogen) atoms. The molecule has 1 heterocycles. The number of para-hydroxylation sites is 1. The van der Waals surface area contributed by atoms with Crippen LogP contribution < -0.4 is 5.32 Å². The molecular formula is C14H16ClNOS. The zero-order valence-corrected chi connectivity index (χ0v) is 11.6. The molecule has 2 aromatic rings. The molecule has 96 valence electrons. The van der Waals surface area contributed by atoms with Gasteiger partial charge in [0.2, 0.25) is 0 Å². The molecule has 0 spiro atoms. The van der Waals surface area contributed by atoms with Crippen LogP contribution >= 0.6 is 22.9 Å². The summed E-state index contributed by atoms with van der Waals surface area (Å²) in [4.78, 5) is 1.37. The molecule has 0 aliphatic rings. The molecule has 0 saturated heterocycles. The first kappa shape index (κ1) is 13.4. The summed E-state index contributed by atoms with van der Waals surface area (Å²) >= 11 is 7.80. The summed E-state index contributed by atoms with van der Waals surface area (Å²) in [5.74, 6) is 0. The van der Waals surface area contributed by atoms with Crippen molar-refractivity contribution in [3.8, 4) is 0 Å². The summed E-state index contributed by atoms with van der Waals surface area (Å²) < 4.78 is 5.57. The van der Waals surface area contributed by atoms with Crippen molar-refractivity contribution < 1.29 is 4.74 Å². The second-order valence-electron chi connectivity index (χ2n) is 3.85. The number of hydrogen-bond donors (Lipinski definition) is 1. The summed E-state index contributed by atoms with van der Waals surface area (Å²) in [6.45, 7) is 2.23. The van der Waals surface area contributed by atoms with Crippen LogP contribution in [0.4, 0.5) is 5.69 Å². The number of halogens is 1. The van der Waals surface area contributed by atoms with Crippen LogP contribution in [0.5, 0.6) is 0 Å². The highest BCUT2D eigenvalue weighted by atomic mass is 35.5. The molecule has 0 radical (unpaired) electrons. The Morgan fingerprint density at radius 3 is 2.78 bits per heavy atom. The van der Waals surface area contributed by atoms with Crippen molar-refractivity contribution >= 4 is 28.6 Å². The molecule has 0 aliphatic carbocycles. The fourth-order valence-electron chi connectivity index (χ4n) is 1.59. The molecule has 0 saturated carbocycles. The summed E-state index contributed by atoms with van der Waals surface area (Å²) in [6.07, 6.45) is 0.990. The maximum absolute atomic E-state index is 6.03. The Labute approximate surface area is 117 Å². The van der Waals surface area contributed by atoms with Gasteiger partial charge < -0.3 is 10.1 Å². The van der Waals surface area contributed by atoms with Gasteiger partial charge in [0.05, 0.1) is 23.9 Å². The molecule has 0 atom stereocenters. The van der Waals surface area contributed by atoms with Gasteiger partial charge in [0.25, 0.3) is 0 Å². The zero-order valence-electron chi connectivity index (χ0n) is 10.1. The predicted octanol–water partition coefficient (Wildman–Crippen LogP) is 4.07. The van der Waals surface area contributed by atoms with E-state index in [2.05, 4.69) is 22.8 Å². The Bertz CT molecular complexity index is 459. The fraction of sp³-hybridized carbons (Fsp3) is 0.286. The minimum atomic E-state index is 0.691. The predicted molar refractivity (Wildman–Crippen MR) is 78.8 cm³/mol. The maximum atomic E-state index is 6.03. The first-order valence-corrected chi connectivity index (χ1v) is 7.20. The Balaban J connectivity index is 1.58. The van der Waals surface area contributed by atoms with Gasteiger partial charge in [-0.2, -0.15) is 0 Å². The monoisotopic (exact) mass is 281 g/mol. The molecule has 1 N–H and O–H groups in total. The number of benzene rings is 1. The van der Waals surface area contributed by atoms with Crippen LogP contribution in [0.1, 0.15) is 4.88 Å². The van der Waals surface area contributed by atoms with Crippen molar-refractivity contribution in [2.75, 3.05) is 25.1 Å². The number of hydrogen-bond acceptors (Lipinski definition) is 3. The van der Waals surface area contributed by atoms with Gasteiger partial charge in [-0.25, -0.2) is 0 Å². The smallest absolute Gasteiger partial charge is 0.0639 e. The lowest BCUT2D eigenvalue weighted by Gasteiger charge is -2.08. The summed E-state index contributed by atoms with van der Waals surface area (Å²) in [5.41, 5.74) is 0.959. The van der Waals surface area contributed by atoms with Gasteiger partial charge in [-0.3, -0.25) is 0 Å². The molecule has 1 aromatic carbocycles. The lowest BCUT2D eigenvalue weighted by atomic mass is 10.3. The highest BCUT2D eigenvalue weighted by Gasteiger charge is 1.97. The van der Waals surface area contributed by atoms with Gasteiger partial charge in [0, 0.05) is 17.8 Å². The van der Waals surface area contributed by atoms with Gasteiger partial charge in [-0.05, 0) is 23.6 Å². The molecule has 2 nitrogen and oxygen atoms in total. The average molecular weight is 282 g/mol. The normalized spacial score (nSPS) is 10.5. The second kappa shape index (κ2) is 7.41. The third kappa shape index (κ3) is 4.33. The third-order valence-electron chi connectivity index (χ3n) is 2.51. The Kier molecular flexibility index (Phi) is 5.52. The molecule has 0 unspecified atom stereocenters. The topological polar surface area (TPSA) is 21.3 Å². The summed E-state index contributed by atoms with van der Waals surface area (Å²) in [6, 6.07) is 11.9. The van der Waals surface area contributed by atoms with Crippen LogP contribution in [0.2, 0.25) is 5.02 Å². The Morgan fingerprint density at radius 2 is 2.00 bits per heavy atom. The van der Waals surface area contributed by atoms with E-state index in [1.165, 1.54) is 4.88 Å². The SMILES string of the molecule is Clc1ccccc1NCCOCCc1cccs1. The lowest BCUT2D eigenvalue weighted by Crippen LogP contribution is -2.10. The van der Waals surface area contributed by atoms with E-state index in [0.29, 0.717) is 6.61 Å². The number of thiophene rings is 1. The molecular weight excluding hydrogens is 266 g/mol. The van der Waals surface area contributed by atoms with E-state index < -0.39 is 0 Å². The zero-order chi connectivity index (χ0) is 12.6. The highest BCUT2D eigenvalue weighted by Crippen LogP contribution is 2.19. The van der Waals surface area contributed by atoms with E-state index in [0.717, 1.165) is 30.3 Å². The first-order valence-electron chi connectivity index (χ1n) is 5.95. The van der Waals surface area contributed by atoms with Gasteiger partial charge in [0.15, 0.2) is 0 Å². The number of ether oxygens (including phenoxy) is 1. The van der Waals surface area contributed by atoms with Crippen molar-refractivity contribution in [2.24, 2.45) is 0 Å². The molecule has 1 aromatic heterocycles. The van der Waals surface area contributed by atoms with E-state index >= 15 is 0 Å². The van der Waals surface area contributed by atoms with Crippen LogP contribution in [-0.4, -0.2) is 19.8 Å².